The Kier molecular flexibility index (Phi) is 4.25. The lowest BCUT2D eigenvalue weighted by Crippen LogP contribution is -2.69. The first-order valence-corrected chi connectivity index (χ1v) is 10.6. The highest BCUT2D eigenvalue weighted by molar-refractivity contribution is 6.28. The van der Waals surface area contributed by atoms with Gasteiger partial charge in [-0.2, -0.15) is 0 Å². The van der Waals surface area contributed by atoms with Crippen LogP contribution in [0, 0.1) is 28.6 Å². The van der Waals surface area contributed by atoms with E-state index in [2.05, 4.69) is 0 Å². The summed E-state index contributed by atoms with van der Waals surface area (Å²) in [6, 6.07) is 0. The van der Waals surface area contributed by atoms with Crippen LogP contribution in [0.4, 0.5) is 0 Å². The average molecular weight is 429 g/mol. The molecule has 9 atom stereocenters. The summed E-state index contributed by atoms with van der Waals surface area (Å²) in [4.78, 5) is 22.9. The maximum absolute atomic E-state index is 12.1. The molecule has 4 aliphatic carbocycles. The van der Waals surface area contributed by atoms with Gasteiger partial charge in [0.05, 0.1) is 16.4 Å². The maximum Gasteiger partial charge on any atom is 0.336 e. The zero-order valence-corrected chi connectivity index (χ0v) is 17.7. The van der Waals surface area contributed by atoms with E-state index in [1.54, 1.807) is 19.9 Å². The molecule has 28 heavy (non-hydrogen) atoms. The minimum atomic E-state index is -1.94. The summed E-state index contributed by atoms with van der Waals surface area (Å²) in [6.45, 7) is 5.39. The van der Waals surface area contributed by atoms with Crippen LogP contribution >= 0.6 is 23.2 Å². The van der Waals surface area contributed by atoms with E-state index in [-0.39, 0.29) is 24.0 Å². The summed E-state index contributed by atoms with van der Waals surface area (Å²) >= 11 is 14.0. The fourth-order valence-corrected chi connectivity index (χ4v) is 7.97. The molecule has 4 aliphatic rings. The van der Waals surface area contributed by atoms with Crippen molar-refractivity contribution in [2.75, 3.05) is 0 Å². The van der Waals surface area contributed by atoms with E-state index in [1.807, 2.05) is 6.92 Å². The van der Waals surface area contributed by atoms with E-state index < -0.39 is 44.7 Å². The molecule has 0 aromatic rings. The van der Waals surface area contributed by atoms with Gasteiger partial charge in [-0.15, -0.1) is 23.2 Å². The second kappa shape index (κ2) is 5.84. The topological polar surface area (TPSA) is 94.8 Å². The predicted molar refractivity (Wildman–Crippen MR) is 105 cm³/mol. The molecular weight excluding hydrogens is 403 g/mol. The van der Waals surface area contributed by atoms with Crippen LogP contribution in [0.25, 0.3) is 0 Å². The van der Waals surface area contributed by atoms with Crippen molar-refractivity contribution in [1.82, 2.24) is 0 Å². The van der Waals surface area contributed by atoms with Gasteiger partial charge in [0, 0.05) is 10.8 Å². The molecule has 0 unspecified atom stereocenters. The van der Waals surface area contributed by atoms with Gasteiger partial charge in [-0.05, 0) is 54.7 Å². The standard InChI is InChI=1S/C21H26Cl2O5/c1-10-6-12-13-8-15(22)14-7-11(24)4-5-18(14,2)20(13,23)16(25)9-19(12,3)21(10,28)17(26)27/h4-5,7,10,12-13,15-16,25,28H,6,8-9H2,1-3H3,(H,26,27)/t10-,12-,13-,15-,16-,18-,19-,20-,21-/m0/s1. The summed E-state index contributed by atoms with van der Waals surface area (Å²) in [7, 11) is 0. The van der Waals surface area contributed by atoms with Crippen molar-refractivity contribution in [2.24, 2.45) is 28.6 Å². The average Bonchev–Trinajstić information content (AvgIpc) is 2.81. The summed E-state index contributed by atoms with van der Waals surface area (Å²) in [6.07, 6.45) is 4.65. The van der Waals surface area contributed by atoms with E-state index >= 15 is 0 Å². The summed E-state index contributed by atoms with van der Waals surface area (Å²) in [5.41, 5.74) is -3.08. The highest BCUT2D eigenvalue weighted by Crippen LogP contribution is 2.71. The number of aliphatic hydroxyl groups is 2. The van der Waals surface area contributed by atoms with Gasteiger partial charge in [-0.3, -0.25) is 4.79 Å². The van der Waals surface area contributed by atoms with Crippen LogP contribution in [-0.4, -0.2) is 49.0 Å². The van der Waals surface area contributed by atoms with Crippen LogP contribution in [0.15, 0.2) is 23.8 Å². The molecule has 0 bridgehead atoms. The SMILES string of the molecule is C[C@H]1C[C@H]2[C@@H]3C[C@H](Cl)C4=CC(=O)C=C[C@]4(C)[C@@]3(Cl)[C@@H](O)C[C@]2(C)[C@@]1(O)C(=O)O. The van der Waals surface area contributed by atoms with Gasteiger partial charge in [0.15, 0.2) is 11.4 Å². The molecule has 0 spiro atoms. The van der Waals surface area contributed by atoms with Gasteiger partial charge in [-0.1, -0.05) is 26.8 Å². The fourth-order valence-electron chi connectivity index (χ4n) is 7.00. The Labute approximate surface area is 174 Å². The van der Waals surface area contributed by atoms with E-state index in [0.29, 0.717) is 18.4 Å². The highest BCUT2D eigenvalue weighted by Gasteiger charge is 2.75. The monoisotopic (exact) mass is 428 g/mol. The molecule has 0 aromatic carbocycles. The number of ketones is 1. The molecule has 4 rings (SSSR count). The first-order valence-electron chi connectivity index (χ1n) is 9.76. The fraction of sp³-hybridized carbons (Fsp3) is 0.714. The molecule has 7 heteroatoms. The second-order valence-corrected chi connectivity index (χ2v) is 10.7. The number of carbonyl (C=O) groups is 2. The molecule has 3 fully saturated rings. The third-order valence-electron chi connectivity index (χ3n) is 8.54. The van der Waals surface area contributed by atoms with Crippen molar-refractivity contribution < 1.29 is 24.9 Å². The van der Waals surface area contributed by atoms with Crippen molar-refractivity contribution in [3.8, 4) is 0 Å². The molecule has 0 aliphatic heterocycles. The smallest absolute Gasteiger partial charge is 0.336 e. The number of halogens is 2. The van der Waals surface area contributed by atoms with Crippen LogP contribution in [0.2, 0.25) is 0 Å². The van der Waals surface area contributed by atoms with Crippen molar-refractivity contribution >= 4 is 35.0 Å². The third-order valence-corrected chi connectivity index (χ3v) is 9.87. The second-order valence-electron chi connectivity index (χ2n) is 9.57. The lowest BCUT2D eigenvalue weighted by molar-refractivity contribution is -0.194. The van der Waals surface area contributed by atoms with Gasteiger partial charge in [0.2, 0.25) is 0 Å². The number of hydrogen-bond donors (Lipinski definition) is 3. The molecular formula is C21H26Cl2O5. The molecule has 0 amide bonds. The van der Waals surface area contributed by atoms with Gasteiger partial charge in [0.25, 0.3) is 0 Å². The van der Waals surface area contributed by atoms with Gasteiger partial charge in [-0.25, -0.2) is 4.79 Å². The van der Waals surface area contributed by atoms with Crippen LogP contribution < -0.4 is 0 Å². The van der Waals surface area contributed by atoms with Gasteiger partial charge in [0.1, 0.15) is 0 Å². The number of aliphatic hydroxyl groups excluding tert-OH is 1. The largest absolute Gasteiger partial charge is 0.479 e. The van der Waals surface area contributed by atoms with E-state index in [0.717, 1.165) is 0 Å². The zero-order chi connectivity index (χ0) is 20.9. The number of carbonyl (C=O) groups excluding carboxylic acids is 1. The van der Waals surface area contributed by atoms with Gasteiger partial charge < -0.3 is 15.3 Å². The Morgan fingerprint density at radius 2 is 1.89 bits per heavy atom. The van der Waals surface area contributed by atoms with E-state index in [4.69, 9.17) is 23.2 Å². The first-order chi connectivity index (χ1) is 12.8. The number of allylic oxidation sites excluding steroid dienone is 4. The Balaban J connectivity index is 1.88. The quantitative estimate of drug-likeness (QED) is 0.558. The summed E-state index contributed by atoms with van der Waals surface area (Å²) in [5.74, 6) is -2.40. The molecule has 3 saturated carbocycles. The molecule has 3 N–H and O–H groups in total. The predicted octanol–water partition coefficient (Wildman–Crippen LogP) is 2.91. The number of aliphatic carboxylic acids is 1. The van der Waals surface area contributed by atoms with Crippen LogP contribution in [0.5, 0.6) is 0 Å². The number of rotatable bonds is 1. The minimum absolute atomic E-state index is 0.0718. The zero-order valence-electron chi connectivity index (χ0n) is 16.2. The Hall–Kier alpha value is -0.880. The first kappa shape index (κ1) is 20.4. The van der Waals surface area contributed by atoms with Crippen molar-refractivity contribution in [3.05, 3.63) is 23.8 Å². The maximum atomic E-state index is 12.1. The van der Waals surface area contributed by atoms with Crippen LogP contribution in [0.3, 0.4) is 0 Å². The molecule has 5 nitrogen and oxygen atoms in total. The number of hydrogen-bond acceptors (Lipinski definition) is 4. The Bertz CT molecular complexity index is 824. The summed E-state index contributed by atoms with van der Waals surface area (Å²) in [5, 5.41) is 32.0. The highest BCUT2D eigenvalue weighted by atomic mass is 35.5. The molecule has 0 aromatic heterocycles. The molecule has 154 valence electrons. The molecule has 0 heterocycles. The van der Waals surface area contributed by atoms with Gasteiger partial charge >= 0.3 is 5.97 Å². The lowest BCUT2D eigenvalue weighted by atomic mass is 9.45. The van der Waals surface area contributed by atoms with Crippen molar-refractivity contribution in [1.29, 1.82) is 0 Å². The van der Waals surface area contributed by atoms with Crippen LogP contribution in [-0.2, 0) is 9.59 Å². The van der Waals surface area contributed by atoms with Crippen LogP contribution in [0.1, 0.15) is 40.0 Å². The number of carboxylic acid groups (broad SMARTS) is 1. The third kappa shape index (κ3) is 2.07. The number of fused-ring (bicyclic) bond motifs is 5. The molecule has 0 radical (unpaired) electrons. The summed E-state index contributed by atoms with van der Waals surface area (Å²) < 4.78 is 0. The minimum Gasteiger partial charge on any atom is -0.479 e. The van der Waals surface area contributed by atoms with Crippen molar-refractivity contribution in [3.63, 3.8) is 0 Å². The Morgan fingerprint density at radius 3 is 2.50 bits per heavy atom. The molecule has 0 saturated heterocycles. The van der Waals surface area contributed by atoms with E-state index in [9.17, 15) is 24.9 Å². The van der Waals surface area contributed by atoms with E-state index in [1.165, 1.54) is 12.2 Å². The Morgan fingerprint density at radius 1 is 1.25 bits per heavy atom. The number of alkyl halides is 2. The lowest BCUT2D eigenvalue weighted by Gasteiger charge is -2.64. The number of carboxylic acids is 1. The normalized spacial score (nSPS) is 55.2. The van der Waals surface area contributed by atoms with Crippen molar-refractivity contribution in [2.45, 2.75) is 62.0 Å².